The van der Waals surface area contributed by atoms with Crippen molar-refractivity contribution < 1.29 is 4.42 Å². The minimum Gasteiger partial charge on any atom is -0.456 e. The van der Waals surface area contributed by atoms with Crippen molar-refractivity contribution in [2.75, 3.05) is 9.80 Å². The number of hydrogen-bond donors (Lipinski definition) is 0. The highest BCUT2D eigenvalue weighted by atomic mass is 32.1. The van der Waals surface area contributed by atoms with Crippen LogP contribution in [0.2, 0.25) is 0 Å². The van der Waals surface area contributed by atoms with Crippen molar-refractivity contribution in [1.82, 2.24) is 0 Å². The highest BCUT2D eigenvalue weighted by Crippen LogP contribution is 2.47. The lowest BCUT2D eigenvalue weighted by Crippen LogP contribution is -2.10. The summed E-state index contributed by atoms with van der Waals surface area (Å²) in [5, 5.41) is 4.74. The quantitative estimate of drug-likeness (QED) is 0.167. The Hall–Kier alpha value is -6.62. The third kappa shape index (κ3) is 5.20. The fraction of sp³-hybridized carbons (Fsp3) is 0. The summed E-state index contributed by atoms with van der Waals surface area (Å²) in [6.45, 7) is 0. The molecule has 4 heteroatoms. The minimum atomic E-state index is 0.873. The van der Waals surface area contributed by atoms with Gasteiger partial charge in [-0.25, -0.2) is 0 Å². The first kappa shape index (κ1) is 30.2. The van der Waals surface area contributed by atoms with Gasteiger partial charge < -0.3 is 14.2 Å². The average molecular weight is 685 g/mol. The van der Waals surface area contributed by atoms with Crippen molar-refractivity contribution in [3.8, 4) is 11.1 Å². The van der Waals surface area contributed by atoms with Gasteiger partial charge in [-0.2, -0.15) is 0 Å². The molecule has 2 heterocycles. The molecule has 0 saturated heterocycles. The van der Waals surface area contributed by atoms with E-state index in [4.69, 9.17) is 4.42 Å². The van der Waals surface area contributed by atoms with E-state index in [-0.39, 0.29) is 0 Å². The Morgan fingerprint density at radius 3 is 1.69 bits per heavy atom. The zero-order valence-corrected chi connectivity index (χ0v) is 29.0. The molecule has 0 N–H and O–H groups in total. The fourth-order valence-electron chi connectivity index (χ4n) is 7.46. The van der Waals surface area contributed by atoms with Gasteiger partial charge in [-0.05, 0) is 90.0 Å². The number of hydrogen-bond acceptors (Lipinski definition) is 4. The molecule has 0 bridgehead atoms. The summed E-state index contributed by atoms with van der Waals surface area (Å²) in [4.78, 5) is 4.72. The number of para-hydroxylation sites is 3. The summed E-state index contributed by atoms with van der Waals surface area (Å²) in [7, 11) is 0. The number of furan rings is 1. The maximum atomic E-state index is 6.40. The molecule has 0 fully saturated rings. The van der Waals surface area contributed by atoms with Gasteiger partial charge in [0.2, 0.25) is 0 Å². The first-order valence-electron chi connectivity index (χ1n) is 17.5. The predicted octanol–water partition coefficient (Wildman–Crippen LogP) is 14.6. The zero-order chi connectivity index (χ0) is 34.4. The number of anilines is 6. The van der Waals surface area contributed by atoms with Gasteiger partial charge in [-0.3, -0.25) is 0 Å². The molecule has 8 aromatic carbocycles. The molecule has 0 aliphatic rings. The van der Waals surface area contributed by atoms with Crippen molar-refractivity contribution in [1.29, 1.82) is 0 Å². The lowest BCUT2D eigenvalue weighted by atomic mass is 10.0. The molecular formula is C48H32N2OS. The van der Waals surface area contributed by atoms with E-state index in [1.165, 1.54) is 31.3 Å². The third-order valence-corrected chi connectivity index (χ3v) is 10.9. The van der Waals surface area contributed by atoms with E-state index in [1.807, 2.05) is 23.5 Å². The summed E-state index contributed by atoms with van der Waals surface area (Å²) in [5.41, 5.74) is 10.8. The highest BCUT2D eigenvalue weighted by Gasteiger charge is 2.21. The lowest BCUT2D eigenvalue weighted by Gasteiger charge is -2.27. The van der Waals surface area contributed by atoms with Gasteiger partial charge >= 0.3 is 0 Å². The van der Waals surface area contributed by atoms with Crippen LogP contribution in [0.15, 0.2) is 199 Å². The molecule has 0 atom stereocenters. The Balaban J connectivity index is 1.16. The molecule has 0 amide bonds. The van der Waals surface area contributed by atoms with Gasteiger partial charge in [0.1, 0.15) is 11.2 Å². The van der Waals surface area contributed by atoms with E-state index in [2.05, 4.69) is 192 Å². The van der Waals surface area contributed by atoms with E-state index < -0.39 is 0 Å². The Morgan fingerprint density at radius 2 is 0.923 bits per heavy atom. The molecular weight excluding hydrogens is 653 g/mol. The molecule has 3 nitrogen and oxygen atoms in total. The Labute approximate surface area is 305 Å². The normalized spacial score (nSPS) is 11.5. The van der Waals surface area contributed by atoms with Crippen LogP contribution in [-0.2, 0) is 0 Å². The summed E-state index contributed by atoms with van der Waals surface area (Å²) >= 11 is 1.84. The second-order valence-electron chi connectivity index (χ2n) is 13.0. The van der Waals surface area contributed by atoms with Gasteiger partial charge in [0.15, 0.2) is 0 Å². The number of nitrogens with zero attached hydrogens (tertiary/aromatic N) is 2. The van der Waals surface area contributed by atoms with Crippen molar-refractivity contribution >= 4 is 87.6 Å². The second kappa shape index (κ2) is 12.6. The zero-order valence-electron chi connectivity index (χ0n) is 28.2. The summed E-state index contributed by atoms with van der Waals surface area (Å²) in [6, 6.07) is 69.1. The van der Waals surface area contributed by atoms with Crippen molar-refractivity contribution in [3.05, 3.63) is 194 Å². The number of benzene rings is 8. The SMILES string of the molecule is c1ccc(-c2cccc(N(c3ccc4c(c3)oc3ccccc34)c3ccc4c(c3)sc3cccc(N(c5ccccc5)c5ccccc5)c34)c2)cc1. The number of fused-ring (bicyclic) bond motifs is 6. The monoisotopic (exact) mass is 684 g/mol. The van der Waals surface area contributed by atoms with Crippen LogP contribution in [0.4, 0.5) is 34.1 Å². The van der Waals surface area contributed by atoms with Crippen molar-refractivity contribution in [3.63, 3.8) is 0 Å². The van der Waals surface area contributed by atoms with Crippen LogP contribution in [0.5, 0.6) is 0 Å². The molecule has 0 unspecified atom stereocenters. The molecule has 0 radical (unpaired) electrons. The first-order valence-corrected chi connectivity index (χ1v) is 18.3. The Bertz CT molecular complexity index is 2820. The van der Waals surface area contributed by atoms with Gasteiger partial charge in [0.25, 0.3) is 0 Å². The Morgan fingerprint density at radius 1 is 0.346 bits per heavy atom. The molecule has 0 saturated carbocycles. The highest BCUT2D eigenvalue weighted by molar-refractivity contribution is 7.26. The van der Waals surface area contributed by atoms with Gasteiger partial charge in [-0.15, -0.1) is 11.3 Å². The topological polar surface area (TPSA) is 19.6 Å². The largest absolute Gasteiger partial charge is 0.456 e. The molecule has 0 aliphatic carbocycles. The van der Waals surface area contributed by atoms with Gasteiger partial charge in [0.05, 0.1) is 5.69 Å². The maximum Gasteiger partial charge on any atom is 0.137 e. The molecule has 0 spiro atoms. The van der Waals surface area contributed by atoms with Crippen LogP contribution in [0.1, 0.15) is 0 Å². The van der Waals surface area contributed by atoms with E-state index in [1.54, 1.807) is 0 Å². The lowest BCUT2D eigenvalue weighted by molar-refractivity contribution is 0.669. The van der Waals surface area contributed by atoms with Crippen molar-refractivity contribution in [2.24, 2.45) is 0 Å². The third-order valence-electron chi connectivity index (χ3n) is 9.82. The van der Waals surface area contributed by atoms with Crippen LogP contribution < -0.4 is 9.80 Å². The maximum absolute atomic E-state index is 6.40. The first-order chi connectivity index (χ1) is 25.8. The Kier molecular flexibility index (Phi) is 7.33. The summed E-state index contributed by atoms with van der Waals surface area (Å²) in [5.74, 6) is 0. The summed E-state index contributed by atoms with van der Waals surface area (Å²) < 4.78 is 8.88. The van der Waals surface area contributed by atoms with E-state index >= 15 is 0 Å². The number of thiophene rings is 1. The van der Waals surface area contributed by atoms with Crippen LogP contribution >= 0.6 is 11.3 Å². The molecule has 52 heavy (non-hydrogen) atoms. The average Bonchev–Trinajstić information content (AvgIpc) is 3.77. The molecule has 10 rings (SSSR count). The van der Waals surface area contributed by atoms with Crippen LogP contribution in [0, 0.1) is 0 Å². The minimum absolute atomic E-state index is 0.873. The molecule has 246 valence electrons. The van der Waals surface area contributed by atoms with E-state index in [0.29, 0.717) is 0 Å². The van der Waals surface area contributed by atoms with E-state index in [9.17, 15) is 0 Å². The van der Waals surface area contributed by atoms with Gasteiger partial charge in [0, 0.05) is 65.4 Å². The fourth-order valence-corrected chi connectivity index (χ4v) is 8.62. The van der Waals surface area contributed by atoms with Crippen LogP contribution in [-0.4, -0.2) is 0 Å². The summed E-state index contributed by atoms with van der Waals surface area (Å²) in [6.07, 6.45) is 0. The number of rotatable bonds is 7. The smallest absolute Gasteiger partial charge is 0.137 e. The van der Waals surface area contributed by atoms with E-state index in [0.717, 1.165) is 56.1 Å². The molecule has 2 aromatic heterocycles. The standard InChI is InChI=1S/C48H32N2OS/c1-4-14-33(15-5-1)34-16-12-21-37(30-34)49(38-26-28-41-40-22-10-11-24-44(40)51-45(41)31-38)39-27-29-42-47(32-39)52-46-25-13-23-43(48(42)46)50(35-17-6-2-7-18-35)36-19-8-3-9-20-36/h1-32H. The molecule has 0 aliphatic heterocycles. The van der Waals surface area contributed by atoms with Crippen molar-refractivity contribution in [2.45, 2.75) is 0 Å². The second-order valence-corrected chi connectivity index (χ2v) is 14.1. The molecule has 10 aromatic rings. The van der Waals surface area contributed by atoms with Gasteiger partial charge in [-0.1, -0.05) is 109 Å². The predicted molar refractivity (Wildman–Crippen MR) is 221 cm³/mol. The van der Waals surface area contributed by atoms with Crippen LogP contribution in [0.25, 0.3) is 53.2 Å². The van der Waals surface area contributed by atoms with Crippen LogP contribution in [0.3, 0.4) is 0 Å².